The van der Waals surface area contributed by atoms with Gasteiger partial charge in [0, 0.05) is 51.6 Å². The van der Waals surface area contributed by atoms with E-state index in [4.69, 9.17) is 19.2 Å². The van der Waals surface area contributed by atoms with E-state index in [9.17, 15) is 0 Å². The van der Waals surface area contributed by atoms with Gasteiger partial charge in [-0.25, -0.2) is 9.67 Å². The molecule has 4 aromatic heterocycles. The average Bonchev–Trinajstić information content (AvgIpc) is 3.82. The second kappa shape index (κ2) is 11.5. The van der Waals surface area contributed by atoms with Crippen molar-refractivity contribution in [2.24, 2.45) is 0 Å². The van der Waals surface area contributed by atoms with E-state index >= 15 is 0 Å². The highest BCUT2D eigenvalue weighted by Gasteiger charge is 2.22. The van der Waals surface area contributed by atoms with E-state index in [1.807, 2.05) is 59.5 Å². The lowest BCUT2D eigenvalue weighted by atomic mass is 9.88. The molecule has 5 aromatic carbocycles. The number of pyridine rings is 1. The van der Waals surface area contributed by atoms with Gasteiger partial charge in [0.15, 0.2) is 5.58 Å². The zero-order valence-electron chi connectivity index (χ0n) is 29.7. The van der Waals surface area contributed by atoms with Gasteiger partial charge in [-0.1, -0.05) is 68.8 Å². The minimum atomic E-state index is -0.0441. The first-order chi connectivity index (χ1) is 24.6. The molecule has 0 spiro atoms. The first kappa shape index (κ1) is 30.9. The van der Waals surface area contributed by atoms with Crippen molar-refractivity contribution in [2.75, 3.05) is 0 Å². The lowest BCUT2D eigenvalue weighted by Gasteiger charge is -2.20. The van der Waals surface area contributed by atoms with E-state index in [0.717, 1.165) is 72.4 Å². The van der Waals surface area contributed by atoms with Crippen LogP contribution in [0.1, 0.15) is 43.0 Å². The number of rotatable bonds is 5. The first-order valence-electron chi connectivity index (χ1n) is 17.4. The number of ether oxygens (including phenoxy) is 1. The van der Waals surface area contributed by atoms with Gasteiger partial charge in [-0.15, -0.1) is 0 Å². The molecule has 0 unspecified atom stereocenters. The van der Waals surface area contributed by atoms with E-state index in [-0.39, 0.29) is 5.41 Å². The molecule has 0 aliphatic rings. The fraction of sp³-hybridized carbons (Fsp3) is 0.156. The lowest BCUT2D eigenvalue weighted by molar-refractivity contribution is 0.483. The average molecular weight is 667 g/mol. The van der Waals surface area contributed by atoms with Crippen molar-refractivity contribution in [3.63, 3.8) is 0 Å². The predicted octanol–water partition coefficient (Wildman–Crippen LogP) is 11.9. The van der Waals surface area contributed by atoms with Gasteiger partial charge in [0.05, 0.1) is 22.4 Å². The Kier molecular flexibility index (Phi) is 6.94. The van der Waals surface area contributed by atoms with Gasteiger partial charge < -0.3 is 9.15 Å². The first-order valence-corrected chi connectivity index (χ1v) is 17.4. The molecule has 4 heterocycles. The monoisotopic (exact) mass is 666 g/mol. The van der Waals surface area contributed by atoms with Crippen molar-refractivity contribution in [2.45, 2.75) is 47.0 Å². The summed E-state index contributed by atoms with van der Waals surface area (Å²) in [5.74, 6) is 2.29. The Morgan fingerprint density at radius 3 is 2.27 bits per heavy atom. The van der Waals surface area contributed by atoms with Gasteiger partial charge in [-0.05, 0) is 97.5 Å². The van der Waals surface area contributed by atoms with Crippen molar-refractivity contribution < 1.29 is 9.15 Å². The van der Waals surface area contributed by atoms with Crippen LogP contribution >= 0.6 is 0 Å². The second-order valence-corrected chi connectivity index (χ2v) is 14.6. The summed E-state index contributed by atoms with van der Waals surface area (Å²) >= 11 is 0. The predicted molar refractivity (Wildman–Crippen MR) is 208 cm³/mol. The Bertz CT molecular complexity index is 2790. The van der Waals surface area contributed by atoms with Crippen LogP contribution in [-0.4, -0.2) is 19.3 Å². The fourth-order valence-corrected chi connectivity index (χ4v) is 7.58. The normalized spacial score (nSPS) is 12.1. The van der Waals surface area contributed by atoms with Gasteiger partial charge in [-0.3, -0.25) is 4.57 Å². The molecule has 51 heavy (non-hydrogen) atoms. The molecule has 0 saturated carbocycles. The highest BCUT2D eigenvalue weighted by atomic mass is 16.5. The Hall–Kier alpha value is -6.14. The molecule has 9 aromatic rings. The molecular weight excluding hydrogens is 629 g/mol. The summed E-state index contributed by atoms with van der Waals surface area (Å²) < 4.78 is 17.3. The third-order valence-electron chi connectivity index (χ3n) is 9.93. The molecule has 0 N–H and O–H groups in total. The number of nitrogens with zero attached hydrogens (tertiary/aromatic N) is 4. The topological polar surface area (TPSA) is 58.0 Å². The number of furan rings is 1. The van der Waals surface area contributed by atoms with Crippen molar-refractivity contribution in [3.05, 3.63) is 144 Å². The van der Waals surface area contributed by atoms with Crippen LogP contribution in [0, 0.1) is 20.8 Å². The molecule has 0 atom stereocenters. The van der Waals surface area contributed by atoms with E-state index in [1.165, 1.54) is 27.8 Å². The molecule has 9 rings (SSSR count). The van der Waals surface area contributed by atoms with Gasteiger partial charge in [0.1, 0.15) is 22.9 Å². The molecule has 0 amide bonds. The number of benzene rings is 5. The summed E-state index contributed by atoms with van der Waals surface area (Å²) in [4.78, 5) is 4.92. The van der Waals surface area contributed by atoms with Crippen LogP contribution in [0.2, 0.25) is 0 Å². The highest BCUT2D eigenvalue weighted by molar-refractivity contribution is 6.21. The molecule has 0 aliphatic heterocycles. The zero-order valence-corrected chi connectivity index (χ0v) is 29.7. The van der Waals surface area contributed by atoms with Crippen LogP contribution in [0.3, 0.4) is 0 Å². The third-order valence-corrected chi connectivity index (χ3v) is 9.93. The molecule has 250 valence electrons. The largest absolute Gasteiger partial charge is 0.457 e. The summed E-state index contributed by atoms with van der Waals surface area (Å²) in [6.07, 6.45) is 3.91. The Labute approximate surface area is 296 Å². The summed E-state index contributed by atoms with van der Waals surface area (Å²) in [6.45, 7) is 13.1. The SMILES string of the molecule is Cc1cc(C)c(-c2ccn(-c3cccc(Oc4ccc5c6ccc7c8ccccc8oc7c6n(-c6cc(C(C)(C)C)ccn6)c5c4)c3)n2)c(C)c1. The second-order valence-electron chi connectivity index (χ2n) is 14.6. The fourth-order valence-electron chi connectivity index (χ4n) is 7.58. The standard InChI is InChI=1S/C45H38N4O2/c1-27-22-28(2)42(29(3)23-27)38-19-21-48(47-38)31-10-9-11-32(25-31)50-33-14-15-34-36-16-17-37-35-12-7-8-13-40(35)51-44(37)43(36)49(39(34)26-33)41-24-30(18-20-46-41)45(4,5)6/h7-26H,1-6H3. The molecule has 0 fully saturated rings. The number of aryl methyl sites for hydroxylation is 3. The molecule has 0 radical (unpaired) electrons. The van der Waals surface area contributed by atoms with E-state index < -0.39 is 0 Å². The molecular formula is C45H38N4O2. The summed E-state index contributed by atoms with van der Waals surface area (Å²) in [5, 5.41) is 9.34. The zero-order chi connectivity index (χ0) is 35.0. The molecule has 6 heteroatoms. The van der Waals surface area contributed by atoms with Crippen LogP contribution in [-0.2, 0) is 5.41 Å². The van der Waals surface area contributed by atoms with Crippen LogP contribution in [0.25, 0.3) is 66.5 Å². The number of fused-ring (bicyclic) bond motifs is 7. The minimum Gasteiger partial charge on any atom is -0.457 e. The van der Waals surface area contributed by atoms with E-state index in [2.05, 4.69) is 113 Å². The number of para-hydroxylation sites is 1. The minimum absolute atomic E-state index is 0.0441. The molecule has 6 nitrogen and oxygen atoms in total. The van der Waals surface area contributed by atoms with Crippen LogP contribution in [0.15, 0.2) is 126 Å². The van der Waals surface area contributed by atoms with Crippen molar-refractivity contribution in [1.82, 2.24) is 19.3 Å². The molecule has 0 bridgehead atoms. The molecule has 0 saturated heterocycles. The van der Waals surface area contributed by atoms with E-state index in [0.29, 0.717) is 0 Å². The lowest BCUT2D eigenvalue weighted by Crippen LogP contribution is -2.12. The van der Waals surface area contributed by atoms with Crippen molar-refractivity contribution in [1.29, 1.82) is 0 Å². The van der Waals surface area contributed by atoms with Gasteiger partial charge in [-0.2, -0.15) is 5.10 Å². The number of hydrogen-bond acceptors (Lipinski definition) is 4. The maximum atomic E-state index is 6.60. The maximum Gasteiger partial charge on any atom is 0.160 e. The Balaban J connectivity index is 1.16. The third kappa shape index (κ3) is 5.18. The van der Waals surface area contributed by atoms with Gasteiger partial charge >= 0.3 is 0 Å². The number of aromatic nitrogens is 4. The molecule has 0 aliphatic carbocycles. The van der Waals surface area contributed by atoms with Crippen molar-refractivity contribution in [3.8, 4) is 34.3 Å². The smallest absolute Gasteiger partial charge is 0.160 e. The van der Waals surface area contributed by atoms with E-state index in [1.54, 1.807) is 0 Å². The van der Waals surface area contributed by atoms with Gasteiger partial charge in [0.2, 0.25) is 0 Å². The van der Waals surface area contributed by atoms with Crippen LogP contribution in [0.5, 0.6) is 11.5 Å². The summed E-state index contributed by atoms with van der Waals surface area (Å²) in [7, 11) is 0. The highest BCUT2D eigenvalue weighted by Crippen LogP contribution is 2.41. The van der Waals surface area contributed by atoms with Crippen molar-refractivity contribution >= 4 is 43.7 Å². The van der Waals surface area contributed by atoms with Gasteiger partial charge in [0.25, 0.3) is 0 Å². The summed E-state index contributed by atoms with van der Waals surface area (Å²) in [6, 6.07) is 37.7. The quantitative estimate of drug-likeness (QED) is 0.183. The Morgan fingerprint density at radius 1 is 0.686 bits per heavy atom. The maximum absolute atomic E-state index is 6.60. The van der Waals surface area contributed by atoms with Crippen LogP contribution < -0.4 is 4.74 Å². The van der Waals surface area contributed by atoms with Crippen LogP contribution in [0.4, 0.5) is 0 Å². The Morgan fingerprint density at radius 2 is 1.45 bits per heavy atom. The summed E-state index contributed by atoms with van der Waals surface area (Å²) in [5.41, 5.74) is 11.6. The number of hydrogen-bond donors (Lipinski definition) is 0.